The smallest absolute Gasteiger partial charge is 0.128 e. The molecule has 0 aliphatic carbocycles. The molecule has 1 saturated heterocycles. The molecule has 1 aromatic carbocycles. The summed E-state index contributed by atoms with van der Waals surface area (Å²) in [4.78, 5) is 6.75. The van der Waals surface area contributed by atoms with Crippen LogP contribution in [0.4, 0.5) is 17.2 Å². The average Bonchev–Trinajstić information content (AvgIpc) is 2.55. The maximum absolute atomic E-state index is 5.93. The van der Waals surface area contributed by atoms with E-state index in [1.54, 1.807) is 0 Å². The van der Waals surface area contributed by atoms with Crippen molar-refractivity contribution in [2.24, 2.45) is 0 Å². The zero-order chi connectivity index (χ0) is 14.5. The molecule has 3 N–H and O–H groups in total. The molecule has 2 heterocycles. The number of pyridine rings is 1. The standard InChI is InChI=1S/C16H20N4O/c17-15-4-2-1-3-13(15)11-18-14-5-6-16(19-12-14)20-7-9-21-10-8-20/h1-6,12,18H,7-11,17H2. The second-order valence-electron chi connectivity index (χ2n) is 5.06. The highest BCUT2D eigenvalue weighted by Gasteiger charge is 2.11. The molecule has 5 nitrogen and oxygen atoms in total. The summed E-state index contributed by atoms with van der Waals surface area (Å²) >= 11 is 0. The van der Waals surface area contributed by atoms with E-state index < -0.39 is 0 Å². The van der Waals surface area contributed by atoms with Gasteiger partial charge >= 0.3 is 0 Å². The third kappa shape index (κ3) is 3.44. The predicted octanol–water partition coefficient (Wildman–Crippen LogP) is 2.11. The molecule has 5 heteroatoms. The van der Waals surface area contributed by atoms with E-state index in [1.165, 1.54) is 0 Å². The van der Waals surface area contributed by atoms with Gasteiger partial charge in [-0.15, -0.1) is 0 Å². The molecule has 0 unspecified atom stereocenters. The van der Waals surface area contributed by atoms with Gasteiger partial charge in [-0.25, -0.2) is 4.98 Å². The number of nitrogens with two attached hydrogens (primary N) is 1. The lowest BCUT2D eigenvalue weighted by Gasteiger charge is -2.27. The van der Waals surface area contributed by atoms with Gasteiger partial charge in [-0.3, -0.25) is 0 Å². The van der Waals surface area contributed by atoms with Crippen LogP contribution in [0, 0.1) is 0 Å². The first-order valence-corrected chi connectivity index (χ1v) is 7.19. The molecule has 0 amide bonds. The van der Waals surface area contributed by atoms with Crippen molar-refractivity contribution in [2.45, 2.75) is 6.54 Å². The molecule has 3 rings (SSSR count). The number of hydrogen-bond acceptors (Lipinski definition) is 5. The molecule has 21 heavy (non-hydrogen) atoms. The summed E-state index contributed by atoms with van der Waals surface area (Å²) in [6, 6.07) is 12.0. The van der Waals surface area contributed by atoms with E-state index in [4.69, 9.17) is 10.5 Å². The first-order chi connectivity index (χ1) is 10.3. The van der Waals surface area contributed by atoms with Crippen LogP contribution in [-0.4, -0.2) is 31.3 Å². The number of aromatic nitrogens is 1. The Bertz CT molecular complexity index is 579. The van der Waals surface area contributed by atoms with Crippen LogP contribution in [0.25, 0.3) is 0 Å². The van der Waals surface area contributed by atoms with Gasteiger partial charge in [0.05, 0.1) is 25.1 Å². The molecule has 0 saturated carbocycles. The van der Waals surface area contributed by atoms with Gasteiger partial charge in [0.25, 0.3) is 0 Å². The molecule has 1 fully saturated rings. The Morgan fingerprint density at radius 3 is 2.67 bits per heavy atom. The van der Waals surface area contributed by atoms with E-state index in [1.807, 2.05) is 36.5 Å². The van der Waals surface area contributed by atoms with Crippen molar-refractivity contribution in [2.75, 3.05) is 42.3 Å². The normalized spacial score (nSPS) is 15.0. The van der Waals surface area contributed by atoms with Gasteiger partial charge in [-0.2, -0.15) is 0 Å². The predicted molar refractivity (Wildman–Crippen MR) is 85.5 cm³/mol. The van der Waals surface area contributed by atoms with Gasteiger partial charge in [0.15, 0.2) is 0 Å². The van der Waals surface area contributed by atoms with E-state index >= 15 is 0 Å². The first kappa shape index (κ1) is 13.7. The first-order valence-electron chi connectivity index (χ1n) is 7.19. The third-order valence-corrected chi connectivity index (χ3v) is 3.62. The van der Waals surface area contributed by atoms with Crippen molar-refractivity contribution in [3.05, 3.63) is 48.2 Å². The van der Waals surface area contributed by atoms with Crippen molar-refractivity contribution in [3.63, 3.8) is 0 Å². The van der Waals surface area contributed by atoms with Crippen LogP contribution in [0.5, 0.6) is 0 Å². The van der Waals surface area contributed by atoms with Crippen LogP contribution in [0.1, 0.15) is 5.56 Å². The zero-order valence-corrected chi connectivity index (χ0v) is 12.0. The van der Waals surface area contributed by atoms with Crippen molar-refractivity contribution >= 4 is 17.2 Å². The van der Waals surface area contributed by atoms with Gasteiger partial charge in [-0.05, 0) is 23.8 Å². The molecule has 1 aliphatic heterocycles. The summed E-state index contributed by atoms with van der Waals surface area (Å²) in [6.45, 7) is 4.05. The van der Waals surface area contributed by atoms with Gasteiger partial charge in [0.1, 0.15) is 5.82 Å². The fraction of sp³-hybridized carbons (Fsp3) is 0.312. The third-order valence-electron chi connectivity index (χ3n) is 3.62. The minimum absolute atomic E-state index is 0.700. The van der Waals surface area contributed by atoms with Crippen LogP contribution in [-0.2, 0) is 11.3 Å². The fourth-order valence-electron chi connectivity index (χ4n) is 2.36. The molecule has 0 spiro atoms. The van der Waals surface area contributed by atoms with Crippen molar-refractivity contribution < 1.29 is 4.74 Å². The Morgan fingerprint density at radius 2 is 1.95 bits per heavy atom. The summed E-state index contributed by atoms with van der Waals surface area (Å²) < 4.78 is 5.35. The highest BCUT2D eigenvalue weighted by Crippen LogP contribution is 2.17. The number of morpholine rings is 1. The Kier molecular flexibility index (Phi) is 4.21. The number of anilines is 3. The van der Waals surface area contributed by atoms with E-state index in [9.17, 15) is 0 Å². The minimum Gasteiger partial charge on any atom is -0.398 e. The fourth-order valence-corrected chi connectivity index (χ4v) is 2.36. The van der Waals surface area contributed by atoms with E-state index in [0.717, 1.165) is 49.1 Å². The molecular weight excluding hydrogens is 264 g/mol. The highest BCUT2D eigenvalue weighted by atomic mass is 16.5. The minimum atomic E-state index is 0.700. The van der Waals surface area contributed by atoms with Gasteiger partial charge in [0, 0.05) is 25.3 Å². The molecule has 1 aromatic heterocycles. The van der Waals surface area contributed by atoms with Crippen molar-refractivity contribution in [3.8, 4) is 0 Å². The number of nitrogen functional groups attached to an aromatic ring is 1. The Morgan fingerprint density at radius 1 is 1.14 bits per heavy atom. The number of rotatable bonds is 4. The number of nitrogens with one attached hydrogen (secondary N) is 1. The summed E-state index contributed by atoms with van der Waals surface area (Å²) in [5.41, 5.74) is 8.83. The second kappa shape index (κ2) is 6.45. The lowest BCUT2D eigenvalue weighted by Crippen LogP contribution is -2.36. The number of ether oxygens (including phenoxy) is 1. The monoisotopic (exact) mass is 284 g/mol. The summed E-state index contributed by atoms with van der Waals surface area (Å²) in [6.07, 6.45) is 1.87. The molecular formula is C16H20N4O. The molecule has 0 atom stereocenters. The maximum atomic E-state index is 5.93. The summed E-state index contributed by atoms with van der Waals surface area (Å²) in [5, 5.41) is 3.35. The van der Waals surface area contributed by atoms with E-state index in [-0.39, 0.29) is 0 Å². The molecule has 1 aliphatic rings. The topological polar surface area (TPSA) is 63.4 Å². The Balaban J connectivity index is 1.60. The van der Waals surface area contributed by atoms with E-state index in [0.29, 0.717) is 6.54 Å². The lowest BCUT2D eigenvalue weighted by atomic mass is 10.2. The molecule has 110 valence electrons. The molecule has 0 bridgehead atoms. The SMILES string of the molecule is Nc1ccccc1CNc1ccc(N2CCOCC2)nc1. The highest BCUT2D eigenvalue weighted by molar-refractivity contribution is 5.52. The van der Waals surface area contributed by atoms with Crippen LogP contribution in [0.15, 0.2) is 42.6 Å². The second-order valence-corrected chi connectivity index (χ2v) is 5.06. The summed E-state index contributed by atoms with van der Waals surface area (Å²) in [7, 11) is 0. The van der Waals surface area contributed by atoms with E-state index in [2.05, 4.69) is 21.3 Å². The maximum Gasteiger partial charge on any atom is 0.128 e. The van der Waals surface area contributed by atoms with Crippen LogP contribution < -0.4 is 16.0 Å². The van der Waals surface area contributed by atoms with Crippen LogP contribution in [0.3, 0.4) is 0 Å². The van der Waals surface area contributed by atoms with Gasteiger partial charge in [-0.1, -0.05) is 18.2 Å². The molecule has 0 radical (unpaired) electrons. The number of para-hydroxylation sites is 1. The summed E-state index contributed by atoms with van der Waals surface area (Å²) in [5.74, 6) is 1.00. The average molecular weight is 284 g/mol. The van der Waals surface area contributed by atoms with Crippen LogP contribution >= 0.6 is 0 Å². The number of benzene rings is 1. The lowest BCUT2D eigenvalue weighted by molar-refractivity contribution is 0.122. The van der Waals surface area contributed by atoms with Gasteiger partial charge in [0.2, 0.25) is 0 Å². The zero-order valence-electron chi connectivity index (χ0n) is 12.0. The Labute approximate surface area is 124 Å². The quantitative estimate of drug-likeness (QED) is 0.842. The van der Waals surface area contributed by atoms with Gasteiger partial charge < -0.3 is 20.7 Å². The van der Waals surface area contributed by atoms with Crippen molar-refractivity contribution in [1.82, 2.24) is 4.98 Å². The largest absolute Gasteiger partial charge is 0.398 e. The number of hydrogen-bond donors (Lipinski definition) is 2. The van der Waals surface area contributed by atoms with Crippen LogP contribution in [0.2, 0.25) is 0 Å². The Hall–Kier alpha value is -2.27. The van der Waals surface area contributed by atoms with Crippen molar-refractivity contribution in [1.29, 1.82) is 0 Å². The molecule has 2 aromatic rings. The number of nitrogens with zero attached hydrogens (tertiary/aromatic N) is 2.